The van der Waals surface area contributed by atoms with E-state index in [2.05, 4.69) is 16.1 Å². The molecule has 0 aromatic heterocycles. The van der Waals surface area contributed by atoms with Crippen molar-refractivity contribution in [2.24, 2.45) is 0 Å². The molecular formula is C24H23ClN2O3S. The first-order valence-corrected chi connectivity index (χ1v) is 12.0. The van der Waals surface area contributed by atoms with Gasteiger partial charge in [0.25, 0.3) is 15.9 Å². The van der Waals surface area contributed by atoms with Gasteiger partial charge in [0.1, 0.15) is 4.90 Å². The molecule has 0 heterocycles. The second kappa shape index (κ2) is 8.73. The third-order valence-electron chi connectivity index (χ3n) is 5.43. The summed E-state index contributed by atoms with van der Waals surface area (Å²) >= 11 is 6.19. The highest BCUT2D eigenvalue weighted by Crippen LogP contribution is 2.30. The Kier molecular flexibility index (Phi) is 6.03. The predicted molar refractivity (Wildman–Crippen MR) is 123 cm³/mol. The fourth-order valence-electron chi connectivity index (χ4n) is 3.91. The van der Waals surface area contributed by atoms with Gasteiger partial charge in [-0.05, 0) is 73.2 Å². The van der Waals surface area contributed by atoms with Crippen LogP contribution in [0.2, 0.25) is 5.02 Å². The lowest BCUT2D eigenvalue weighted by atomic mass is 9.87. The Morgan fingerprint density at radius 1 is 1.03 bits per heavy atom. The average molecular weight is 455 g/mol. The van der Waals surface area contributed by atoms with Crippen molar-refractivity contribution in [1.82, 2.24) is 5.32 Å². The summed E-state index contributed by atoms with van der Waals surface area (Å²) in [4.78, 5) is 12.8. The fourth-order valence-corrected chi connectivity index (χ4v) is 5.49. The number of aryl methyl sites for hydroxylation is 2. The summed E-state index contributed by atoms with van der Waals surface area (Å²) in [5.74, 6) is -0.328. The minimum atomic E-state index is -3.96. The maximum absolute atomic E-state index is 12.9. The summed E-state index contributed by atoms with van der Waals surface area (Å²) in [6, 6.07) is 19.3. The molecule has 0 saturated carbocycles. The van der Waals surface area contributed by atoms with Crippen LogP contribution >= 0.6 is 11.6 Å². The molecule has 31 heavy (non-hydrogen) atoms. The standard InChI is InChI=1S/C24H23ClN2O3S/c1-16-6-4-9-19(14-16)27-31(29,30)23-15-18(12-13-21(23)25)24(28)26-22-11-5-8-17-7-2-3-10-20(17)22/h2-4,6-7,9-10,12-15,22,27H,5,8,11H2,1H3,(H,26,28). The number of carbonyl (C=O) groups is 1. The maximum atomic E-state index is 12.9. The highest BCUT2D eigenvalue weighted by Gasteiger charge is 2.24. The van der Waals surface area contributed by atoms with Crippen molar-refractivity contribution in [3.8, 4) is 0 Å². The Morgan fingerprint density at radius 2 is 1.84 bits per heavy atom. The fraction of sp³-hybridized carbons (Fsp3) is 0.208. The summed E-state index contributed by atoms with van der Waals surface area (Å²) in [7, 11) is -3.96. The summed E-state index contributed by atoms with van der Waals surface area (Å²) in [6.07, 6.45) is 2.83. The number of halogens is 1. The number of sulfonamides is 1. The Hall–Kier alpha value is -2.83. The zero-order chi connectivity index (χ0) is 22.0. The largest absolute Gasteiger partial charge is 0.345 e. The first-order valence-electron chi connectivity index (χ1n) is 10.1. The van der Waals surface area contributed by atoms with Crippen LogP contribution in [0.5, 0.6) is 0 Å². The molecule has 1 amide bonds. The number of hydrogen-bond donors (Lipinski definition) is 2. The van der Waals surface area contributed by atoms with E-state index in [1.165, 1.54) is 23.8 Å². The number of nitrogens with one attached hydrogen (secondary N) is 2. The molecule has 3 aromatic rings. The van der Waals surface area contributed by atoms with Crippen LogP contribution in [0.25, 0.3) is 0 Å². The first kappa shape index (κ1) is 21.4. The molecule has 1 unspecified atom stereocenters. The number of amides is 1. The second-order valence-electron chi connectivity index (χ2n) is 7.74. The molecule has 160 valence electrons. The van der Waals surface area contributed by atoms with Crippen LogP contribution in [0, 0.1) is 6.92 Å². The summed E-state index contributed by atoms with van der Waals surface area (Å²) < 4.78 is 28.4. The highest BCUT2D eigenvalue weighted by molar-refractivity contribution is 7.92. The number of fused-ring (bicyclic) bond motifs is 1. The topological polar surface area (TPSA) is 75.3 Å². The van der Waals surface area contributed by atoms with Gasteiger partial charge in [0.05, 0.1) is 11.1 Å². The van der Waals surface area contributed by atoms with E-state index in [4.69, 9.17) is 11.6 Å². The van der Waals surface area contributed by atoms with E-state index < -0.39 is 10.0 Å². The van der Waals surface area contributed by atoms with Crippen LogP contribution in [-0.4, -0.2) is 14.3 Å². The summed E-state index contributed by atoms with van der Waals surface area (Å²) in [5, 5.41) is 3.10. The van der Waals surface area contributed by atoms with Gasteiger partial charge < -0.3 is 5.32 Å². The molecule has 5 nitrogen and oxygen atoms in total. The molecular weight excluding hydrogens is 432 g/mol. The van der Waals surface area contributed by atoms with Crippen molar-refractivity contribution in [3.05, 3.63) is 94.0 Å². The lowest BCUT2D eigenvalue weighted by molar-refractivity contribution is 0.0932. The van der Waals surface area contributed by atoms with Crippen molar-refractivity contribution in [3.63, 3.8) is 0 Å². The molecule has 0 fully saturated rings. The quantitative estimate of drug-likeness (QED) is 0.552. The summed E-state index contributed by atoms with van der Waals surface area (Å²) in [5.41, 5.74) is 3.96. The third kappa shape index (κ3) is 4.75. The minimum absolute atomic E-state index is 0.0553. The Labute approximate surface area is 187 Å². The lowest BCUT2D eigenvalue weighted by Gasteiger charge is -2.26. The first-order chi connectivity index (χ1) is 14.8. The number of rotatable bonds is 5. The van der Waals surface area contributed by atoms with E-state index in [-0.39, 0.29) is 27.4 Å². The van der Waals surface area contributed by atoms with E-state index >= 15 is 0 Å². The van der Waals surface area contributed by atoms with Crippen molar-refractivity contribution >= 4 is 33.2 Å². The van der Waals surface area contributed by atoms with Crippen molar-refractivity contribution < 1.29 is 13.2 Å². The average Bonchev–Trinajstić information content (AvgIpc) is 2.74. The molecule has 0 radical (unpaired) electrons. The van der Waals surface area contributed by atoms with Gasteiger partial charge in [0.15, 0.2) is 0 Å². The van der Waals surface area contributed by atoms with Gasteiger partial charge in [-0.2, -0.15) is 0 Å². The second-order valence-corrected chi connectivity index (χ2v) is 9.80. The molecule has 2 N–H and O–H groups in total. The van der Waals surface area contributed by atoms with Crippen LogP contribution in [0.4, 0.5) is 5.69 Å². The molecule has 0 bridgehead atoms. The molecule has 0 aliphatic heterocycles. The van der Waals surface area contributed by atoms with Crippen molar-refractivity contribution in [1.29, 1.82) is 0 Å². The van der Waals surface area contributed by atoms with Gasteiger partial charge in [0, 0.05) is 11.3 Å². The van der Waals surface area contributed by atoms with Gasteiger partial charge in [0.2, 0.25) is 0 Å². The van der Waals surface area contributed by atoms with Gasteiger partial charge in [-0.15, -0.1) is 0 Å². The molecule has 1 aliphatic carbocycles. The van der Waals surface area contributed by atoms with Crippen LogP contribution < -0.4 is 10.0 Å². The number of hydrogen-bond acceptors (Lipinski definition) is 3. The Bertz CT molecular complexity index is 1240. The van der Waals surface area contributed by atoms with Gasteiger partial charge in [-0.3, -0.25) is 9.52 Å². The monoisotopic (exact) mass is 454 g/mol. The zero-order valence-corrected chi connectivity index (χ0v) is 18.6. The van der Waals surface area contributed by atoms with E-state index in [1.54, 1.807) is 18.2 Å². The molecule has 1 atom stereocenters. The highest BCUT2D eigenvalue weighted by atomic mass is 35.5. The SMILES string of the molecule is Cc1cccc(NS(=O)(=O)c2cc(C(=O)NC3CCCc4ccccc43)ccc2Cl)c1. The van der Waals surface area contributed by atoms with Crippen molar-refractivity contribution in [2.45, 2.75) is 37.1 Å². The van der Waals surface area contributed by atoms with E-state index in [9.17, 15) is 13.2 Å². The van der Waals surface area contributed by atoms with Crippen LogP contribution in [0.15, 0.2) is 71.6 Å². The Morgan fingerprint density at radius 3 is 2.65 bits per heavy atom. The van der Waals surface area contributed by atoms with Crippen molar-refractivity contribution in [2.75, 3.05) is 4.72 Å². The van der Waals surface area contributed by atoms with Crippen LogP contribution in [-0.2, 0) is 16.4 Å². The normalized spacial score (nSPS) is 15.7. The third-order valence-corrected chi connectivity index (χ3v) is 7.29. The number of carbonyl (C=O) groups excluding carboxylic acids is 1. The molecule has 3 aromatic carbocycles. The Balaban J connectivity index is 1.58. The van der Waals surface area contributed by atoms with Crippen LogP contribution in [0.3, 0.4) is 0 Å². The minimum Gasteiger partial charge on any atom is -0.345 e. The van der Waals surface area contributed by atoms with Gasteiger partial charge in [-0.25, -0.2) is 8.42 Å². The van der Waals surface area contributed by atoms with E-state index in [1.807, 2.05) is 31.2 Å². The summed E-state index contributed by atoms with van der Waals surface area (Å²) in [6.45, 7) is 1.87. The molecule has 4 rings (SSSR count). The number of anilines is 1. The molecule has 1 aliphatic rings. The molecule has 0 saturated heterocycles. The molecule has 0 spiro atoms. The zero-order valence-electron chi connectivity index (χ0n) is 17.1. The number of benzene rings is 3. The molecule has 7 heteroatoms. The lowest BCUT2D eigenvalue weighted by Crippen LogP contribution is -2.31. The maximum Gasteiger partial charge on any atom is 0.263 e. The van der Waals surface area contributed by atoms with Gasteiger partial charge in [-0.1, -0.05) is 48.0 Å². The smallest absolute Gasteiger partial charge is 0.263 e. The van der Waals surface area contributed by atoms with E-state index in [0.717, 1.165) is 30.4 Å². The van der Waals surface area contributed by atoms with Crippen LogP contribution in [0.1, 0.15) is 45.9 Å². The predicted octanol–water partition coefficient (Wildman–Crippen LogP) is 5.26. The van der Waals surface area contributed by atoms with Gasteiger partial charge >= 0.3 is 0 Å². The van der Waals surface area contributed by atoms with E-state index in [0.29, 0.717) is 5.69 Å².